The van der Waals surface area contributed by atoms with Gasteiger partial charge in [0.25, 0.3) is 5.91 Å². The van der Waals surface area contributed by atoms with E-state index in [1.165, 1.54) is 28.6 Å². The number of anilines is 1. The van der Waals surface area contributed by atoms with Gasteiger partial charge in [-0.3, -0.25) is 4.79 Å². The van der Waals surface area contributed by atoms with Crippen molar-refractivity contribution in [3.05, 3.63) is 59.3 Å². The number of hydrogen-bond acceptors (Lipinski definition) is 4. The number of amides is 3. The molecule has 2 heterocycles. The lowest BCUT2D eigenvalue weighted by atomic mass is 10.1. The minimum atomic E-state index is -4.48. The lowest BCUT2D eigenvalue weighted by Gasteiger charge is -2.34. The summed E-state index contributed by atoms with van der Waals surface area (Å²) in [6, 6.07) is 9.84. The molecule has 4 rings (SSSR count). The quantitative estimate of drug-likeness (QED) is 0.623. The molecule has 2 aromatic carbocycles. The molecule has 0 atom stereocenters. The topological polar surface area (TPSA) is 65.5 Å². The van der Waals surface area contributed by atoms with Crippen LogP contribution in [0.2, 0.25) is 0 Å². The van der Waals surface area contributed by atoms with Crippen molar-refractivity contribution in [3.8, 4) is 0 Å². The molecule has 162 valence electrons. The summed E-state index contributed by atoms with van der Waals surface area (Å²) in [6.45, 7) is 3.14. The van der Waals surface area contributed by atoms with Crippen LogP contribution in [0.5, 0.6) is 0 Å². The maximum atomic E-state index is 12.9. The highest BCUT2D eigenvalue weighted by atomic mass is 32.1. The van der Waals surface area contributed by atoms with Crippen molar-refractivity contribution < 1.29 is 22.8 Å². The largest absolute Gasteiger partial charge is 0.416 e. The number of urea groups is 1. The third kappa shape index (κ3) is 4.48. The van der Waals surface area contributed by atoms with Gasteiger partial charge in [0.05, 0.1) is 10.3 Å². The van der Waals surface area contributed by atoms with Crippen LogP contribution in [0.3, 0.4) is 0 Å². The SMILES string of the molecule is Cc1ccc2snc(C(=O)N3CCN(C(=O)Nc4cccc(C(F)(F)F)c4)CC3)c2c1. The summed E-state index contributed by atoms with van der Waals surface area (Å²) < 4.78 is 43.8. The first-order valence-electron chi connectivity index (χ1n) is 9.61. The molecule has 1 aromatic heterocycles. The van der Waals surface area contributed by atoms with E-state index in [9.17, 15) is 22.8 Å². The summed E-state index contributed by atoms with van der Waals surface area (Å²) in [7, 11) is 0. The molecule has 0 bridgehead atoms. The summed E-state index contributed by atoms with van der Waals surface area (Å²) in [5.41, 5.74) is 0.692. The second-order valence-corrected chi connectivity index (χ2v) is 8.12. The molecule has 1 saturated heterocycles. The Kier molecular flexibility index (Phi) is 5.57. The van der Waals surface area contributed by atoms with Crippen molar-refractivity contribution >= 4 is 39.2 Å². The molecule has 31 heavy (non-hydrogen) atoms. The third-order valence-electron chi connectivity index (χ3n) is 5.12. The summed E-state index contributed by atoms with van der Waals surface area (Å²) in [6.07, 6.45) is -4.48. The van der Waals surface area contributed by atoms with Gasteiger partial charge >= 0.3 is 12.2 Å². The van der Waals surface area contributed by atoms with Crippen LogP contribution in [0.15, 0.2) is 42.5 Å². The number of benzene rings is 2. The molecule has 1 aliphatic rings. The van der Waals surface area contributed by atoms with Crippen molar-refractivity contribution in [1.82, 2.24) is 14.2 Å². The maximum Gasteiger partial charge on any atom is 0.416 e. The Labute approximate surface area is 180 Å². The number of hydrogen-bond donors (Lipinski definition) is 1. The molecule has 3 aromatic rings. The fourth-order valence-electron chi connectivity index (χ4n) is 3.44. The third-order valence-corrected chi connectivity index (χ3v) is 5.95. The van der Waals surface area contributed by atoms with E-state index in [-0.39, 0.29) is 24.7 Å². The molecule has 10 heteroatoms. The van der Waals surface area contributed by atoms with E-state index in [1.807, 2.05) is 25.1 Å². The molecule has 1 N–H and O–H groups in total. The first-order valence-corrected chi connectivity index (χ1v) is 10.4. The number of rotatable bonds is 2. The van der Waals surface area contributed by atoms with Crippen molar-refractivity contribution in [2.24, 2.45) is 0 Å². The number of aromatic nitrogens is 1. The summed E-state index contributed by atoms with van der Waals surface area (Å²) in [5.74, 6) is -0.185. The van der Waals surface area contributed by atoms with Crippen LogP contribution in [-0.2, 0) is 6.18 Å². The normalized spacial score (nSPS) is 14.7. The Morgan fingerprint density at radius 3 is 2.45 bits per heavy atom. The van der Waals surface area contributed by atoms with Crippen LogP contribution < -0.4 is 5.32 Å². The van der Waals surface area contributed by atoms with Gasteiger partial charge in [-0.15, -0.1) is 0 Å². The van der Waals surface area contributed by atoms with Gasteiger partial charge in [-0.05, 0) is 48.8 Å². The maximum absolute atomic E-state index is 12.9. The summed E-state index contributed by atoms with van der Waals surface area (Å²) in [5, 5.41) is 3.32. The lowest BCUT2D eigenvalue weighted by Crippen LogP contribution is -2.51. The fraction of sp³-hybridized carbons (Fsp3) is 0.286. The van der Waals surface area contributed by atoms with E-state index in [0.29, 0.717) is 18.8 Å². The molecule has 0 saturated carbocycles. The molecule has 1 aliphatic heterocycles. The Morgan fingerprint density at radius 1 is 1.03 bits per heavy atom. The smallest absolute Gasteiger partial charge is 0.334 e. The number of aryl methyl sites for hydroxylation is 1. The van der Waals surface area contributed by atoms with E-state index < -0.39 is 17.8 Å². The zero-order chi connectivity index (χ0) is 22.2. The van der Waals surface area contributed by atoms with Crippen LogP contribution >= 0.6 is 11.5 Å². The molecule has 0 unspecified atom stereocenters. The number of nitrogens with one attached hydrogen (secondary N) is 1. The minimum Gasteiger partial charge on any atom is -0.334 e. The fourth-order valence-corrected chi connectivity index (χ4v) is 4.19. The zero-order valence-electron chi connectivity index (χ0n) is 16.6. The highest BCUT2D eigenvalue weighted by Gasteiger charge is 2.31. The Bertz CT molecular complexity index is 1140. The second-order valence-electron chi connectivity index (χ2n) is 7.32. The summed E-state index contributed by atoms with van der Waals surface area (Å²) in [4.78, 5) is 28.5. The van der Waals surface area contributed by atoms with Crippen LogP contribution in [0.1, 0.15) is 21.6 Å². The number of halogens is 3. The van der Waals surface area contributed by atoms with E-state index >= 15 is 0 Å². The molecule has 0 radical (unpaired) electrons. The van der Waals surface area contributed by atoms with Crippen LogP contribution in [0.4, 0.5) is 23.7 Å². The van der Waals surface area contributed by atoms with Gasteiger partial charge in [-0.2, -0.15) is 17.5 Å². The van der Waals surface area contributed by atoms with Crippen LogP contribution in [0.25, 0.3) is 10.1 Å². The Hall–Kier alpha value is -3.14. The van der Waals surface area contributed by atoms with Gasteiger partial charge in [0.1, 0.15) is 5.69 Å². The number of fused-ring (bicyclic) bond motifs is 1. The standard InChI is InChI=1S/C21H19F3N4O2S/c1-13-5-6-17-16(11-13)18(26-31-17)19(29)27-7-9-28(10-8-27)20(30)25-15-4-2-3-14(12-15)21(22,23)24/h2-6,11-12H,7-10H2,1H3,(H,25,30). The van der Waals surface area contributed by atoms with Gasteiger partial charge < -0.3 is 15.1 Å². The van der Waals surface area contributed by atoms with Crippen molar-refractivity contribution in [2.75, 3.05) is 31.5 Å². The monoisotopic (exact) mass is 448 g/mol. The number of carbonyl (C=O) groups is 2. The Balaban J connectivity index is 1.38. The number of carbonyl (C=O) groups excluding carboxylic acids is 2. The van der Waals surface area contributed by atoms with Gasteiger partial charge in [-0.1, -0.05) is 17.7 Å². The van der Waals surface area contributed by atoms with E-state index in [2.05, 4.69) is 9.69 Å². The van der Waals surface area contributed by atoms with Crippen molar-refractivity contribution in [3.63, 3.8) is 0 Å². The first kappa shape index (κ1) is 21.1. The van der Waals surface area contributed by atoms with E-state index in [0.717, 1.165) is 27.8 Å². The van der Waals surface area contributed by atoms with Crippen molar-refractivity contribution in [1.29, 1.82) is 0 Å². The van der Waals surface area contributed by atoms with Gasteiger partial charge in [0.2, 0.25) is 0 Å². The first-order chi connectivity index (χ1) is 14.7. The van der Waals surface area contributed by atoms with Crippen LogP contribution in [0, 0.1) is 6.92 Å². The molecule has 0 spiro atoms. The van der Waals surface area contributed by atoms with Crippen molar-refractivity contribution in [2.45, 2.75) is 13.1 Å². The molecule has 3 amide bonds. The van der Waals surface area contributed by atoms with Gasteiger partial charge in [0, 0.05) is 37.3 Å². The second kappa shape index (κ2) is 8.18. The highest BCUT2D eigenvalue weighted by molar-refractivity contribution is 7.13. The molecular formula is C21H19F3N4O2S. The van der Waals surface area contributed by atoms with E-state index in [1.54, 1.807) is 4.90 Å². The predicted molar refractivity (Wildman–Crippen MR) is 112 cm³/mol. The average Bonchev–Trinajstić information content (AvgIpc) is 3.16. The van der Waals surface area contributed by atoms with E-state index in [4.69, 9.17) is 0 Å². The average molecular weight is 448 g/mol. The van der Waals surface area contributed by atoms with Gasteiger partial charge in [-0.25, -0.2) is 4.79 Å². The molecule has 1 fully saturated rings. The predicted octanol–water partition coefficient (Wildman–Crippen LogP) is 4.61. The zero-order valence-corrected chi connectivity index (χ0v) is 17.4. The number of piperazine rings is 1. The van der Waals surface area contributed by atoms with Gasteiger partial charge in [0.15, 0.2) is 0 Å². The number of alkyl halides is 3. The molecule has 6 nitrogen and oxygen atoms in total. The highest BCUT2D eigenvalue weighted by Crippen LogP contribution is 2.31. The lowest BCUT2D eigenvalue weighted by molar-refractivity contribution is -0.137. The van der Waals surface area contributed by atoms with Crippen LogP contribution in [-0.4, -0.2) is 52.3 Å². The minimum absolute atomic E-state index is 0.0719. The summed E-state index contributed by atoms with van der Waals surface area (Å²) >= 11 is 1.27. The molecule has 0 aliphatic carbocycles. The number of nitrogens with zero attached hydrogens (tertiary/aromatic N) is 3. The Morgan fingerprint density at radius 2 is 1.74 bits per heavy atom. The molecular weight excluding hydrogens is 429 g/mol.